The minimum atomic E-state index is 0.750. The van der Waals surface area contributed by atoms with Crippen LogP contribution in [0.15, 0.2) is 30.3 Å². The van der Waals surface area contributed by atoms with E-state index in [-0.39, 0.29) is 0 Å². The van der Waals surface area contributed by atoms with Crippen molar-refractivity contribution in [3.63, 3.8) is 0 Å². The van der Waals surface area contributed by atoms with Crippen LogP contribution in [0.5, 0.6) is 0 Å². The van der Waals surface area contributed by atoms with Gasteiger partial charge in [-0.15, -0.1) is 0 Å². The molecule has 0 radical (unpaired) electrons. The van der Waals surface area contributed by atoms with Crippen molar-refractivity contribution in [2.45, 2.75) is 12.8 Å². The van der Waals surface area contributed by atoms with E-state index >= 15 is 0 Å². The Morgan fingerprint density at radius 3 is 2.57 bits per heavy atom. The van der Waals surface area contributed by atoms with Crippen LogP contribution in [-0.2, 0) is 0 Å². The van der Waals surface area contributed by atoms with E-state index in [9.17, 15) is 0 Å². The number of nitrogens with two attached hydrogens (primary N) is 1. The SMILES string of the molecule is NCCCCNC(=S)c1ccccc1. The minimum Gasteiger partial charge on any atom is -0.376 e. The van der Waals surface area contributed by atoms with Crippen LogP contribution in [-0.4, -0.2) is 18.1 Å². The summed E-state index contributed by atoms with van der Waals surface area (Å²) in [4.78, 5) is 0.822. The second kappa shape index (κ2) is 6.51. The molecule has 1 aromatic carbocycles. The van der Waals surface area contributed by atoms with E-state index in [0.29, 0.717) is 0 Å². The lowest BCUT2D eigenvalue weighted by Gasteiger charge is -2.06. The smallest absolute Gasteiger partial charge is 0.106 e. The summed E-state index contributed by atoms with van der Waals surface area (Å²) in [6.07, 6.45) is 2.12. The molecule has 2 nitrogen and oxygen atoms in total. The maximum Gasteiger partial charge on any atom is 0.106 e. The molecule has 14 heavy (non-hydrogen) atoms. The van der Waals surface area contributed by atoms with Gasteiger partial charge in [0.2, 0.25) is 0 Å². The van der Waals surface area contributed by atoms with Gasteiger partial charge in [-0.1, -0.05) is 42.5 Å². The normalized spacial score (nSPS) is 9.79. The third-order valence-electron chi connectivity index (χ3n) is 1.95. The highest BCUT2D eigenvalue weighted by atomic mass is 32.1. The van der Waals surface area contributed by atoms with Crippen LogP contribution in [0, 0.1) is 0 Å². The van der Waals surface area contributed by atoms with Crippen molar-refractivity contribution in [1.29, 1.82) is 0 Å². The Hall–Kier alpha value is -0.930. The molecule has 1 rings (SSSR count). The first-order chi connectivity index (χ1) is 6.84. The first-order valence-electron chi connectivity index (χ1n) is 4.88. The van der Waals surface area contributed by atoms with Crippen molar-refractivity contribution >= 4 is 17.2 Å². The quantitative estimate of drug-likeness (QED) is 0.571. The van der Waals surface area contributed by atoms with Crippen molar-refractivity contribution in [3.8, 4) is 0 Å². The highest BCUT2D eigenvalue weighted by molar-refractivity contribution is 7.80. The number of hydrogen-bond donors (Lipinski definition) is 2. The van der Waals surface area contributed by atoms with Crippen molar-refractivity contribution < 1.29 is 0 Å². The third-order valence-corrected chi connectivity index (χ3v) is 2.33. The maximum absolute atomic E-state index is 5.40. The summed E-state index contributed by atoms with van der Waals surface area (Å²) in [7, 11) is 0. The van der Waals surface area contributed by atoms with Gasteiger partial charge in [-0.25, -0.2) is 0 Å². The van der Waals surface area contributed by atoms with Gasteiger partial charge in [-0.2, -0.15) is 0 Å². The van der Waals surface area contributed by atoms with E-state index in [1.54, 1.807) is 0 Å². The molecule has 3 heteroatoms. The van der Waals surface area contributed by atoms with Gasteiger partial charge in [0.1, 0.15) is 4.99 Å². The average molecular weight is 208 g/mol. The van der Waals surface area contributed by atoms with Gasteiger partial charge in [-0.05, 0) is 19.4 Å². The highest BCUT2D eigenvalue weighted by Crippen LogP contribution is 1.99. The predicted molar refractivity (Wildman–Crippen MR) is 64.4 cm³/mol. The van der Waals surface area contributed by atoms with E-state index in [2.05, 4.69) is 5.32 Å². The number of benzene rings is 1. The van der Waals surface area contributed by atoms with Crippen LogP contribution in [0.4, 0.5) is 0 Å². The van der Waals surface area contributed by atoms with Crippen LogP contribution in [0.2, 0.25) is 0 Å². The lowest BCUT2D eigenvalue weighted by molar-refractivity contribution is 0.721. The molecule has 0 spiro atoms. The molecular formula is C11H16N2S. The van der Waals surface area contributed by atoms with Crippen LogP contribution in [0.25, 0.3) is 0 Å². The number of rotatable bonds is 5. The molecule has 0 fully saturated rings. The second-order valence-corrected chi connectivity index (χ2v) is 3.53. The number of unbranched alkanes of at least 4 members (excludes halogenated alkanes) is 1. The summed E-state index contributed by atoms with van der Waals surface area (Å²) < 4.78 is 0. The van der Waals surface area contributed by atoms with E-state index < -0.39 is 0 Å². The zero-order chi connectivity index (χ0) is 10.2. The van der Waals surface area contributed by atoms with Crippen molar-refractivity contribution in [3.05, 3.63) is 35.9 Å². The number of nitrogens with one attached hydrogen (secondary N) is 1. The Morgan fingerprint density at radius 2 is 1.93 bits per heavy atom. The van der Waals surface area contributed by atoms with Gasteiger partial charge in [0.05, 0.1) is 0 Å². The third kappa shape index (κ3) is 3.85. The second-order valence-electron chi connectivity index (χ2n) is 3.12. The Bertz CT molecular complexity index is 272. The maximum atomic E-state index is 5.40. The summed E-state index contributed by atoms with van der Waals surface area (Å²) in [5, 5.41) is 3.21. The first kappa shape index (κ1) is 11.1. The van der Waals surface area contributed by atoms with Crippen LogP contribution < -0.4 is 11.1 Å². The molecule has 76 valence electrons. The molecule has 0 bridgehead atoms. The van der Waals surface area contributed by atoms with Crippen molar-refractivity contribution in [2.75, 3.05) is 13.1 Å². The fraction of sp³-hybridized carbons (Fsp3) is 0.364. The Labute approximate surface area is 90.5 Å². The monoisotopic (exact) mass is 208 g/mol. The molecule has 0 saturated heterocycles. The van der Waals surface area contributed by atoms with Gasteiger partial charge >= 0.3 is 0 Å². The summed E-state index contributed by atoms with van der Waals surface area (Å²) in [6, 6.07) is 9.99. The van der Waals surface area contributed by atoms with Crippen LogP contribution >= 0.6 is 12.2 Å². The zero-order valence-electron chi connectivity index (χ0n) is 8.20. The lowest BCUT2D eigenvalue weighted by Crippen LogP contribution is -2.23. The van der Waals surface area contributed by atoms with Gasteiger partial charge in [0.15, 0.2) is 0 Å². The predicted octanol–water partition coefficient (Wildman–Crippen LogP) is 1.69. The van der Waals surface area contributed by atoms with E-state index in [1.807, 2.05) is 30.3 Å². The molecule has 0 aromatic heterocycles. The highest BCUT2D eigenvalue weighted by Gasteiger charge is 1.97. The molecule has 1 aromatic rings. The van der Waals surface area contributed by atoms with E-state index in [0.717, 1.165) is 36.5 Å². The van der Waals surface area contributed by atoms with Gasteiger partial charge in [-0.3, -0.25) is 0 Å². The molecule has 0 heterocycles. The summed E-state index contributed by atoms with van der Waals surface area (Å²) in [5.74, 6) is 0. The minimum absolute atomic E-state index is 0.750. The molecule has 3 N–H and O–H groups in total. The van der Waals surface area contributed by atoms with Gasteiger partial charge in [0, 0.05) is 12.1 Å². The molecule has 0 saturated carbocycles. The molecule has 0 unspecified atom stereocenters. The summed E-state index contributed by atoms with van der Waals surface area (Å²) in [5.41, 5.74) is 6.47. The van der Waals surface area contributed by atoms with Gasteiger partial charge in [0.25, 0.3) is 0 Å². The van der Waals surface area contributed by atoms with Crippen LogP contribution in [0.3, 0.4) is 0 Å². The molecular weight excluding hydrogens is 192 g/mol. The number of hydrogen-bond acceptors (Lipinski definition) is 2. The largest absolute Gasteiger partial charge is 0.376 e. The fourth-order valence-electron chi connectivity index (χ4n) is 1.16. The van der Waals surface area contributed by atoms with Crippen LogP contribution in [0.1, 0.15) is 18.4 Å². The molecule has 0 aliphatic rings. The Kier molecular flexibility index (Phi) is 5.19. The van der Waals surface area contributed by atoms with E-state index in [1.165, 1.54) is 0 Å². The zero-order valence-corrected chi connectivity index (χ0v) is 9.02. The Morgan fingerprint density at radius 1 is 1.21 bits per heavy atom. The number of thiocarbonyl (C=S) groups is 1. The fourth-order valence-corrected chi connectivity index (χ4v) is 1.40. The Balaban J connectivity index is 2.29. The average Bonchev–Trinajstić information content (AvgIpc) is 2.25. The van der Waals surface area contributed by atoms with E-state index in [4.69, 9.17) is 18.0 Å². The van der Waals surface area contributed by atoms with Crippen molar-refractivity contribution in [1.82, 2.24) is 5.32 Å². The summed E-state index contributed by atoms with van der Waals surface area (Å²) in [6.45, 7) is 1.66. The van der Waals surface area contributed by atoms with Gasteiger partial charge < -0.3 is 11.1 Å². The lowest BCUT2D eigenvalue weighted by atomic mass is 10.2. The standard InChI is InChI=1S/C11H16N2S/c12-8-4-5-9-13-11(14)10-6-2-1-3-7-10/h1-3,6-7H,4-5,8-9,12H2,(H,13,14). The van der Waals surface area contributed by atoms with Crippen molar-refractivity contribution in [2.24, 2.45) is 5.73 Å². The topological polar surface area (TPSA) is 38.0 Å². The molecule has 0 aliphatic heterocycles. The molecule has 0 aliphatic carbocycles. The molecule has 0 amide bonds. The first-order valence-corrected chi connectivity index (χ1v) is 5.28. The molecule has 0 atom stereocenters. The summed E-state index contributed by atoms with van der Waals surface area (Å²) >= 11 is 5.23.